The second-order valence-corrected chi connectivity index (χ2v) is 13.0. The summed E-state index contributed by atoms with van der Waals surface area (Å²) in [5.74, 6) is 7.79. The summed E-state index contributed by atoms with van der Waals surface area (Å²) in [6.45, 7) is 2.34. The second-order valence-electron chi connectivity index (χ2n) is 13.0. The lowest BCUT2D eigenvalue weighted by Gasteiger charge is -2.45. The quantitative estimate of drug-likeness (QED) is 0.264. The number of hydrogen-bond acceptors (Lipinski definition) is 0. The van der Waals surface area contributed by atoms with Crippen LogP contribution in [0.4, 0.5) is 0 Å². The van der Waals surface area contributed by atoms with E-state index in [4.69, 9.17) is 0 Å². The summed E-state index contributed by atoms with van der Waals surface area (Å²) < 4.78 is 0. The fourth-order valence-corrected chi connectivity index (χ4v) is 9.31. The maximum Gasteiger partial charge on any atom is -0.0357 e. The van der Waals surface area contributed by atoms with Gasteiger partial charge in [0.1, 0.15) is 0 Å². The highest BCUT2D eigenvalue weighted by Crippen LogP contribution is 2.50. The fraction of sp³-hybridized carbons (Fsp3) is 1.00. The molecule has 0 heteroatoms. The van der Waals surface area contributed by atoms with E-state index in [2.05, 4.69) is 6.92 Å². The third kappa shape index (κ3) is 7.25. The Balaban J connectivity index is 1.31. The van der Waals surface area contributed by atoms with E-state index in [-0.39, 0.29) is 0 Å². The lowest BCUT2D eigenvalue weighted by molar-refractivity contribution is 0.0585. The number of hydrogen-bond donors (Lipinski definition) is 0. The number of fused-ring (bicyclic) bond motifs is 2. The Morgan fingerprint density at radius 3 is 1.53 bits per heavy atom. The van der Waals surface area contributed by atoms with Crippen molar-refractivity contribution in [2.75, 3.05) is 0 Å². The molecule has 0 aromatic heterocycles. The van der Waals surface area contributed by atoms with Crippen LogP contribution in [0.25, 0.3) is 0 Å². The summed E-state index contributed by atoms with van der Waals surface area (Å²) in [6.07, 6.45) is 37.2. The Kier molecular flexibility index (Phi) is 10.8. The van der Waals surface area contributed by atoms with Crippen molar-refractivity contribution < 1.29 is 0 Å². The minimum atomic E-state index is 1.07. The van der Waals surface area contributed by atoms with Gasteiger partial charge in [0.15, 0.2) is 0 Å². The molecule has 0 N–H and O–H groups in total. The first-order valence-corrected chi connectivity index (χ1v) is 15.8. The average Bonchev–Trinajstić information content (AvgIpc) is 2.84. The molecular weight excluding hydrogens is 384 g/mol. The highest BCUT2D eigenvalue weighted by Gasteiger charge is 2.38. The molecule has 6 unspecified atom stereocenters. The Hall–Kier alpha value is 0. The fourth-order valence-electron chi connectivity index (χ4n) is 9.31. The molecule has 32 heavy (non-hydrogen) atoms. The highest BCUT2D eigenvalue weighted by atomic mass is 14.4. The van der Waals surface area contributed by atoms with Crippen LogP contribution in [0.1, 0.15) is 161 Å². The van der Waals surface area contributed by atoms with Crippen molar-refractivity contribution >= 4 is 0 Å². The summed E-state index contributed by atoms with van der Waals surface area (Å²) in [5, 5.41) is 0. The molecule has 4 fully saturated rings. The highest BCUT2D eigenvalue weighted by molar-refractivity contribution is 4.89. The Bertz CT molecular complexity index is 454. The van der Waals surface area contributed by atoms with Crippen molar-refractivity contribution in [3.05, 3.63) is 0 Å². The van der Waals surface area contributed by atoms with E-state index in [0.29, 0.717) is 0 Å². The van der Waals surface area contributed by atoms with E-state index >= 15 is 0 Å². The van der Waals surface area contributed by atoms with E-state index in [1.807, 2.05) is 0 Å². The minimum absolute atomic E-state index is 1.07. The first-order chi connectivity index (χ1) is 15.8. The molecule has 0 aliphatic heterocycles. The van der Waals surface area contributed by atoms with Gasteiger partial charge >= 0.3 is 0 Å². The molecule has 0 saturated heterocycles. The van der Waals surface area contributed by atoms with Crippen LogP contribution in [-0.4, -0.2) is 0 Å². The molecule has 0 aromatic rings. The van der Waals surface area contributed by atoms with Gasteiger partial charge in [-0.15, -0.1) is 0 Å². The van der Waals surface area contributed by atoms with Gasteiger partial charge in [0.05, 0.1) is 0 Å². The smallest absolute Gasteiger partial charge is 0.0357 e. The van der Waals surface area contributed by atoms with Crippen LogP contribution in [0.15, 0.2) is 0 Å². The lowest BCUT2D eigenvalue weighted by atomic mass is 9.61. The molecule has 0 spiro atoms. The summed E-state index contributed by atoms with van der Waals surface area (Å²) in [7, 11) is 0. The molecule has 4 aliphatic rings. The molecule has 0 bridgehead atoms. The predicted octanol–water partition coefficient (Wildman–Crippen LogP) is 10.7. The van der Waals surface area contributed by atoms with E-state index in [0.717, 1.165) is 41.4 Å². The van der Waals surface area contributed by atoms with Crippen molar-refractivity contribution in [2.24, 2.45) is 41.4 Å². The van der Waals surface area contributed by atoms with Gasteiger partial charge in [0.25, 0.3) is 0 Å². The van der Waals surface area contributed by atoms with Crippen LogP contribution in [0.2, 0.25) is 0 Å². The van der Waals surface area contributed by atoms with Crippen LogP contribution in [-0.2, 0) is 0 Å². The van der Waals surface area contributed by atoms with Gasteiger partial charge < -0.3 is 0 Å². The topological polar surface area (TPSA) is 0 Å². The van der Waals surface area contributed by atoms with Gasteiger partial charge in [-0.05, 0) is 67.1 Å². The molecule has 0 aromatic carbocycles. The molecule has 186 valence electrons. The zero-order valence-corrected chi connectivity index (χ0v) is 22.0. The van der Waals surface area contributed by atoms with Gasteiger partial charge in [-0.2, -0.15) is 0 Å². The molecule has 6 atom stereocenters. The van der Waals surface area contributed by atoms with Crippen molar-refractivity contribution in [3.63, 3.8) is 0 Å². The van der Waals surface area contributed by atoms with Gasteiger partial charge in [-0.25, -0.2) is 0 Å². The summed E-state index contributed by atoms with van der Waals surface area (Å²) >= 11 is 0. The molecule has 0 radical (unpaired) electrons. The third-order valence-electron chi connectivity index (χ3n) is 10.9. The third-order valence-corrected chi connectivity index (χ3v) is 10.9. The van der Waals surface area contributed by atoms with Gasteiger partial charge in [-0.3, -0.25) is 0 Å². The van der Waals surface area contributed by atoms with Crippen LogP contribution < -0.4 is 0 Å². The zero-order valence-electron chi connectivity index (χ0n) is 22.0. The normalized spacial score (nSPS) is 36.3. The van der Waals surface area contributed by atoms with Crippen LogP contribution in [0.5, 0.6) is 0 Å². The molecule has 0 nitrogen and oxygen atoms in total. The van der Waals surface area contributed by atoms with Crippen molar-refractivity contribution in [1.29, 1.82) is 0 Å². The van der Waals surface area contributed by atoms with Crippen molar-refractivity contribution in [1.82, 2.24) is 0 Å². The minimum Gasteiger partial charge on any atom is -0.0654 e. The van der Waals surface area contributed by atoms with Crippen LogP contribution in [0.3, 0.4) is 0 Å². The Labute approximate surface area is 202 Å². The van der Waals surface area contributed by atoms with Gasteiger partial charge in [-0.1, -0.05) is 135 Å². The second kappa shape index (κ2) is 13.8. The summed E-state index contributed by atoms with van der Waals surface area (Å²) in [5.41, 5.74) is 0. The molecule has 0 heterocycles. The van der Waals surface area contributed by atoms with Gasteiger partial charge in [0.2, 0.25) is 0 Å². The van der Waals surface area contributed by atoms with E-state index in [1.54, 1.807) is 116 Å². The SMILES string of the molecule is CCCCCCCCCC(CC1CCCC2CCCCC21)CC1CCCC2CCCCC21. The molecule has 0 amide bonds. The van der Waals surface area contributed by atoms with Gasteiger partial charge in [0, 0.05) is 0 Å². The average molecular weight is 443 g/mol. The van der Waals surface area contributed by atoms with E-state index in [9.17, 15) is 0 Å². The first kappa shape index (κ1) is 25.1. The Morgan fingerprint density at radius 2 is 0.969 bits per heavy atom. The molecule has 4 rings (SSSR count). The maximum absolute atomic E-state index is 2.34. The van der Waals surface area contributed by atoms with E-state index in [1.165, 1.54) is 38.5 Å². The number of rotatable bonds is 12. The maximum atomic E-state index is 2.34. The van der Waals surface area contributed by atoms with E-state index < -0.39 is 0 Å². The predicted molar refractivity (Wildman–Crippen MR) is 141 cm³/mol. The monoisotopic (exact) mass is 442 g/mol. The molecule has 4 aliphatic carbocycles. The van der Waals surface area contributed by atoms with Crippen molar-refractivity contribution in [2.45, 2.75) is 161 Å². The summed E-state index contributed by atoms with van der Waals surface area (Å²) in [6, 6.07) is 0. The molecular formula is C32H58. The first-order valence-electron chi connectivity index (χ1n) is 15.8. The largest absolute Gasteiger partial charge is 0.0654 e. The standard InChI is InChI=1S/C32H58/c1-2-3-4-5-6-7-8-15-26(24-29-20-13-18-27-16-9-11-22-31(27)29)25-30-21-14-19-28-17-10-12-23-32(28)30/h26-32H,2-25H2,1H3. The lowest BCUT2D eigenvalue weighted by Crippen LogP contribution is -2.34. The zero-order chi connectivity index (χ0) is 22.0. The summed E-state index contributed by atoms with van der Waals surface area (Å²) in [4.78, 5) is 0. The van der Waals surface area contributed by atoms with Crippen LogP contribution in [0, 0.1) is 41.4 Å². The number of unbranched alkanes of at least 4 members (excludes halogenated alkanes) is 6. The Morgan fingerprint density at radius 1 is 0.500 bits per heavy atom. The van der Waals surface area contributed by atoms with Crippen molar-refractivity contribution in [3.8, 4) is 0 Å². The molecule has 4 saturated carbocycles. The van der Waals surface area contributed by atoms with Crippen LogP contribution >= 0.6 is 0 Å².